The van der Waals surface area contributed by atoms with Gasteiger partial charge in [0, 0.05) is 61.4 Å². The van der Waals surface area contributed by atoms with Gasteiger partial charge in [-0.25, -0.2) is 0 Å². The van der Waals surface area contributed by atoms with Crippen molar-refractivity contribution < 1.29 is 9.59 Å². The van der Waals surface area contributed by atoms with E-state index in [1.54, 1.807) is 4.90 Å². The lowest BCUT2D eigenvalue weighted by Gasteiger charge is -2.35. The quantitative estimate of drug-likeness (QED) is 0.409. The average molecular weight is 491 g/mol. The molecule has 2 amide bonds. The van der Waals surface area contributed by atoms with Crippen LogP contribution in [0.2, 0.25) is 0 Å². The highest BCUT2D eigenvalue weighted by molar-refractivity contribution is 5.88. The van der Waals surface area contributed by atoms with Crippen molar-refractivity contribution in [3.8, 4) is 0 Å². The van der Waals surface area contributed by atoms with E-state index >= 15 is 0 Å². The van der Waals surface area contributed by atoms with E-state index in [4.69, 9.17) is 0 Å². The first kappa shape index (κ1) is 27.3. The van der Waals surface area contributed by atoms with Gasteiger partial charge in [0.25, 0.3) is 0 Å². The molecule has 6 heteroatoms. The molecule has 1 aromatic heterocycles. The molecule has 0 radical (unpaired) electrons. The normalized spacial score (nSPS) is 12.4. The van der Waals surface area contributed by atoms with Gasteiger partial charge in [-0.2, -0.15) is 0 Å². The molecular weight excluding hydrogens is 448 g/mol. The Balaban J connectivity index is 1.84. The fraction of sp³-hybridized carbons (Fsp3) is 0.467. The summed E-state index contributed by atoms with van der Waals surface area (Å²) in [6, 6.07) is 16.5. The zero-order valence-electron chi connectivity index (χ0n) is 23.0. The largest absolute Gasteiger partial charge is 0.378 e. The molecule has 0 spiro atoms. The Labute approximate surface area is 216 Å². The van der Waals surface area contributed by atoms with Crippen molar-refractivity contribution in [1.29, 1.82) is 0 Å². The van der Waals surface area contributed by atoms with Crippen molar-refractivity contribution in [3.05, 3.63) is 65.9 Å². The van der Waals surface area contributed by atoms with E-state index < -0.39 is 5.41 Å². The van der Waals surface area contributed by atoms with Crippen LogP contribution in [-0.2, 0) is 22.6 Å². The molecule has 3 aromatic rings. The summed E-state index contributed by atoms with van der Waals surface area (Å²) in [4.78, 5) is 36.0. The summed E-state index contributed by atoms with van der Waals surface area (Å²) in [5, 5.41) is 1.18. The number of H-pyrrole nitrogens is 1. The fourth-order valence-corrected chi connectivity index (χ4v) is 4.33. The number of nitrogens with zero attached hydrogens (tertiary/aromatic N) is 3. The molecule has 0 fully saturated rings. The molecule has 1 N–H and O–H groups in total. The number of aromatic nitrogens is 1. The first-order chi connectivity index (χ1) is 17.0. The number of hydrogen-bond acceptors (Lipinski definition) is 3. The van der Waals surface area contributed by atoms with Crippen LogP contribution in [-0.4, -0.2) is 59.8 Å². The molecule has 0 aliphatic rings. The molecule has 194 valence electrons. The minimum atomic E-state index is -0.541. The third-order valence-electron chi connectivity index (χ3n) is 6.84. The number of carbonyl (C=O) groups is 2. The average Bonchev–Trinajstić information content (AvgIpc) is 3.26. The predicted octanol–water partition coefficient (Wildman–Crippen LogP) is 5.48. The highest BCUT2D eigenvalue weighted by atomic mass is 16.2. The molecule has 6 nitrogen and oxygen atoms in total. The number of para-hydroxylation sites is 1. The maximum Gasteiger partial charge on any atom is 0.242 e. The van der Waals surface area contributed by atoms with Crippen LogP contribution in [0.1, 0.15) is 52.2 Å². The second kappa shape index (κ2) is 11.6. The van der Waals surface area contributed by atoms with Crippen molar-refractivity contribution in [1.82, 2.24) is 14.8 Å². The summed E-state index contributed by atoms with van der Waals surface area (Å²) >= 11 is 0. The number of rotatable bonds is 10. The number of aromatic amines is 1. The Morgan fingerprint density at radius 2 is 1.67 bits per heavy atom. The topological polar surface area (TPSA) is 59.7 Å². The van der Waals surface area contributed by atoms with Gasteiger partial charge in [-0.15, -0.1) is 0 Å². The van der Waals surface area contributed by atoms with Crippen LogP contribution in [0.5, 0.6) is 0 Å². The van der Waals surface area contributed by atoms with Gasteiger partial charge in [-0.3, -0.25) is 9.59 Å². The van der Waals surface area contributed by atoms with E-state index in [9.17, 15) is 9.59 Å². The number of benzene rings is 2. The zero-order valence-corrected chi connectivity index (χ0v) is 23.0. The molecule has 0 aliphatic carbocycles. The van der Waals surface area contributed by atoms with Crippen LogP contribution >= 0.6 is 0 Å². The predicted molar refractivity (Wildman–Crippen MR) is 149 cm³/mol. The van der Waals surface area contributed by atoms with Gasteiger partial charge >= 0.3 is 0 Å². The summed E-state index contributed by atoms with van der Waals surface area (Å²) in [7, 11) is 4.03. The van der Waals surface area contributed by atoms with Gasteiger partial charge in [0.05, 0.1) is 0 Å². The number of anilines is 1. The van der Waals surface area contributed by atoms with Crippen molar-refractivity contribution in [2.75, 3.05) is 32.1 Å². The SMILES string of the molecule is CCC(C)N(CC(=O)N(CCc1c[nH]c2ccccc12)Cc1ccc(N(C)C)cc1)C(=O)C(C)(C)C. The molecular formula is C30H42N4O2. The van der Waals surface area contributed by atoms with Crippen molar-refractivity contribution in [2.24, 2.45) is 5.41 Å². The van der Waals surface area contributed by atoms with Crippen molar-refractivity contribution in [3.63, 3.8) is 0 Å². The first-order valence-corrected chi connectivity index (χ1v) is 12.9. The molecule has 3 rings (SSSR count). The van der Waals surface area contributed by atoms with Crippen molar-refractivity contribution in [2.45, 2.75) is 60.0 Å². The Kier molecular flexibility index (Phi) is 8.83. The van der Waals surface area contributed by atoms with Gasteiger partial charge in [0.2, 0.25) is 11.8 Å². The van der Waals surface area contributed by atoms with E-state index in [2.05, 4.69) is 53.2 Å². The Hall–Kier alpha value is -3.28. The highest BCUT2D eigenvalue weighted by Crippen LogP contribution is 2.22. The fourth-order valence-electron chi connectivity index (χ4n) is 4.33. The third kappa shape index (κ3) is 6.68. The van der Waals surface area contributed by atoms with Gasteiger partial charge in [0.1, 0.15) is 6.54 Å². The Morgan fingerprint density at radius 3 is 2.28 bits per heavy atom. The number of hydrogen-bond donors (Lipinski definition) is 1. The molecule has 1 heterocycles. The summed E-state index contributed by atoms with van der Waals surface area (Å²) < 4.78 is 0. The second-order valence-corrected chi connectivity index (χ2v) is 10.9. The summed E-state index contributed by atoms with van der Waals surface area (Å²) in [5.41, 5.74) is 3.94. The van der Waals surface area contributed by atoms with Crippen LogP contribution in [0.15, 0.2) is 54.7 Å². The monoisotopic (exact) mass is 490 g/mol. The molecule has 36 heavy (non-hydrogen) atoms. The highest BCUT2D eigenvalue weighted by Gasteiger charge is 2.32. The minimum absolute atomic E-state index is 0.00415. The molecule has 0 aliphatic heterocycles. The minimum Gasteiger partial charge on any atom is -0.378 e. The summed E-state index contributed by atoms with van der Waals surface area (Å²) in [5.74, 6) is -0.0125. The van der Waals surface area contributed by atoms with E-state index in [-0.39, 0.29) is 24.4 Å². The lowest BCUT2D eigenvalue weighted by atomic mass is 9.93. The van der Waals surface area contributed by atoms with Gasteiger partial charge in [0.15, 0.2) is 0 Å². The molecule has 1 unspecified atom stereocenters. The van der Waals surface area contributed by atoms with E-state index in [0.29, 0.717) is 13.1 Å². The maximum absolute atomic E-state index is 13.7. The van der Waals surface area contributed by atoms with Gasteiger partial charge < -0.3 is 19.7 Å². The number of nitrogens with one attached hydrogen (secondary N) is 1. The summed E-state index contributed by atoms with van der Waals surface area (Å²) in [6.45, 7) is 11.0. The van der Waals surface area contributed by atoms with E-state index in [1.807, 2.05) is 65.0 Å². The van der Waals surface area contributed by atoms with E-state index in [1.165, 1.54) is 10.9 Å². The molecule has 1 atom stereocenters. The van der Waals surface area contributed by atoms with Crippen LogP contribution in [0.4, 0.5) is 5.69 Å². The third-order valence-corrected chi connectivity index (χ3v) is 6.84. The number of carbonyl (C=O) groups excluding carboxylic acids is 2. The maximum atomic E-state index is 13.7. The lowest BCUT2D eigenvalue weighted by Crippen LogP contribution is -2.50. The Morgan fingerprint density at radius 1 is 1.00 bits per heavy atom. The first-order valence-electron chi connectivity index (χ1n) is 12.9. The molecule has 0 saturated heterocycles. The molecule has 0 saturated carbocycles. The van der Waals surface area contributed by atoms with Gasteiger partial charge in [-0.05, 0) is 49.1 Å². The van der Waals surface area contributed by atoms with Crippen LogP contribution in [0, 0.1) is 5.41 Å². The molecule has 2 aromatic carbocycles. The van der Waals surface area contributed by atoms with Crippen molar-refractivity contribution >= 4 is 28.4 Å². The lowest BCUT2D eigenvalue weighted by molar-refractivity contribution is -0.148. The second-order valence-electron chi connectivity index (χ2n) is 10.9. The standard InChI is InChI=1S/C30H42N4O2/c1-8-22(2)34(29(36)30(3,4)5)21-28(35)33(20-23-13-15-25(16-14-23)32(6)7)18-17-24-19-31-27-12-10-9-11-26(24)27/h9-16,19,22,31H,8,17-18,20-21H2,1-7H3. The van der Waals surface area contributed by atoms with Crippen LogP contribution < -0.4 is 4.90 Å². The van der Waals surface area contributed by atoms with E-state index in [0.717, 1.165) is 29.6 Å². The van der Waals surface area contributed by atoms with Crippen LogP contribution in [0.25, 0.3) is 10.9 Å². The smallest absolute Gasteiger partial charge is 0.242 e. The summed E-state index contributed by atoms with van der Waals surface area (Å²) in [6.07, 6.45) is 3.58. The van der Waals surface area contributed by atoms with Crippen LogP contribution in [0.3, 0.4) is 0 Å². The Bertz CT molecular complexity index is 1160. The number of amides is 2. The number of fused-ring (bicyclic) bond motifs is 1. The molecule has 0 bridgehead atoms. The van der Waals surface area contributed by atoms with Gasteiger partial charge in [-0.1, -0.05) is 58.0 Å². The zero-order chi connectivity index (χ0) is 26.5.